The Labute approximate surface area is 437 Å². The van der Waals surface area contributed by atoms with Gasteiger partial charge in [0, 0.05) is 12.8 Å². The summed E-state index contributed by atoms with van der Waals surface area (Å²) in [6, 6.07) is -0.546. The van der Waals surface area contributed by atoms with E-state index in [1.165, 1.54) is 270 Å². The summed E-state index contributed by atoms with van der Waals surface area (Å²) >= 11 is 0. The largest absolute Gasteiger partial charge is 0.466 e. The third-order valence-electron chi connectivity index (χ3n) is 14.7. The molecule has 3 N–H and O–H groups in total. The van der Waals surface area contributed by atoms with Crippen molar-refractivity contribution in [3.63, 3.8) is 0 Å². The topological polar surface area (TPSA) is 95.9 Å². The number of carbonyl (C=O) groups is 2. The van der Waals surface area contributed by atoms with Crippen LogP contribution in [0.15, 0.2) is 24.3 Å². The molecule has 6 nitrogen and oxygen atoms in total. The lowest BCUT2D eigenvalue weighted by atomic mass is 10.0. The number of esters is 1. The van der Waals surface area contributed by atoms with Crippen molar-refractivity contribution < 1.29 is 24.5 Å². The number of allylic oxidation sites excluding steroid dienone is 4. The molecule has 0 aromatic rings. The Morgan fingerprint density at radius 1 is 0.386 bits per heavy atom. The predicted molar refractivity (Wildman–Crippen MR) is 306 cm³/mol. The van der Waals surface area contributed by atoms with Gasteiger partial charge in [0.1, 0.15) is 0 Å². The van der Waals surface area contributed by atoms with Crippen molar-refractivity contribution in [2.75, 3.05) is 13.2 Å². The van der Waals surface area contributed by atoms with Crippen LogP contribution < -0.4 is 5.32 Å². The zero-order chi connectivity index (χ0) is 50.7. The predicted octanol–water partition coefficient (Wildman–Crippen LogP) is 19.8. The number of aliphatic hydroxyl groups is 2. The molecule has 70 heavy (non-hydrogen) atoms. The molecule has 0 saturated heterocycles. The van der Waals surface area contributed by atoms with Crippen molar-refractivity contribution >= 4 is 11.9 Å². The van der Waals surface area contributed by atoms with E-state index in [-0.39, 0.29) is 18.5 Å². The van der Waals surface area contributed by atoms with Crippen LogP contribution in [0.25, 0.3) is 0 Å². The lowest BCUT2D eigenvalue weighted by molar-refractivity contribution is -0.143. The summed E-state index contributed by atoms with van der Waals surface area (Å²) in [6.45, 7) is 4.95. The van der Waals surface area contributed by atoms with Crippen molar-refractivity contribution in [3.05, 3.63) is 24.3 Å². The van der Waals surface area contributed by atoms with Gasteiger partial charge >= 0.3 is 5.97 Å². The van der Waals surface area contributed by atoms with Gasteiger partial charge in [0.25, 0.3) is 0 Å². The summed E-state index contributed by atoms with van der Waals surface area (Å²) in [7, 11) is 0. The summed E-state index contributed by atoms with van der Waals surface area (Å²) in [5.41, 5.74) is 0. The zero-order valence-corrected chi connectivity index (χ0v) is 47.3. The van der Waals surface area contributed by atoms with Crippen LogP contribution in [0.4, 0.5) is 0 Å². The fraction of sp³-hybridized carbons (Fsp3) is 0.906. The number of ether oxygens (including phenoxy) is 1. The molecular formula is C64H123NO5. The van der Waals surface area contributed by atoms with Gasteiger partial charge in [0.15, 0.2) is 0 Å². The van der Waals surface area contributed by atoms with Crippen LogP contribution in [0.3, 0.4) is 0 Å². The standard InChI is InChI=1S/C64H123NO5/c1-3-5-7-9-11-13-15-17-18-19-27-30-33-36-40-44-48-52-56-62(67)61(60-66)65-63(68)57-53-49-45-41-37-34-31-28-25-23-21-20-22-24-26-29-32-35-39-43-47-51-55-59-70-64(69)58-54-50-46-42-38-16-14-12-10-8-6-4-2/h12,14,23,25,61-62,66-67H,3-11,13,15-22,24,26-60H2,1-2H3,(H,65,68)/b14-12-,25-23-. The Morgan fingerprint density at radius 3 is 1.04 bits per heavy atom. The second-order valence-electron chi connectivity index (χ2n) is 21.7. The number of aliphatic hydroxyl groups excluding tert-OH is 2. The summed E-state index contributed by atoms with van der Waals surface area (Å²) in [4.78, 5) is 24.5. The minimum absolute atomic E-state index is 0.00179. The van der Waals surface area contributed by atoms with E-state index < -0.39 is 12.1 Å². The molecule has 0 aliphatic rings. The average Bonchev–Trinajstić information content (AvgIpc) is 3.36. The molecule has 414 valence electrons. The first-order valence-corrected chi connectivity index (χ1v) is 31.6. The Bertz CT molecular complexity index is 1090. The van der Waals surface area contributed by atoms with Gasteiger partial charge in [-0.1, -0.05) is 282 Å². The molecule has 0 saturated carbocycles. The van der Waals surface area contributed by atoms with Gasteiger partial charge in [0.05, 0.1) is 25.4 Å². The molecule has 0 fully saturated rings. The van der Waals surface area contributed by atoms with Gasteiger partial charge in [0.2, 0.25) is 5.91 Å². The molecule has 6 heteroatoms. The molecule has 0 radical (unpaired) electrons. The highest BCUT2D eigenvalue weighted by Gasteiger charge is 2.20. The van der Waals surface area contributed by atoms with Crippen molar-refractivity contribution in [1.82, 2.24) is 5.32 Å². The summed E-state index contributed by atoms with van der Waals surface area (Å²) in [5, 5.41) is 23.3. The number of unbranched alkanes of at least 4 members (excludes halogenated alkanes) is 44. The summed E-state index contributed by atoms with van der Waals surface area (Å²) < 4.78 is 5.46. The Balaban J connectivity index is 3.42. The maximum absolute atomic E-state index is 12.5. The van der Waals surface area contributed by atoms with E-state index in [0.717, 1.165) is 44.9 Å². The monoisotopic (exact) mass is 986 g/mol. The molecule has 0 aromatic carbocycles. The highest BCUT2D eigenvalue weighted by atomic mass is 16.5. The molecular weight excluding hydrogens is 863 g/mol. The smallest absolute Gasteiger partial charge is 0.305 e. The van der Waals surface area contributed by atoms with Crippen LogP contribution >= 0.6 is 0 Å². The third kappa shape index (κ3) is 55.7. The quantitative estimate of drug-likeness (QED) is 0.0321. The molecule has 1 amide bonds. The fourth-order valence-corrected chi connectivity index (χ4v) is 9.87. The number of hydrogen-bond donors (Lipinski definition) is 3. The van der Waals surface area contributed by atoms with Crippen LogP contribution in [0.5, 0.6) is 0 Å². The number of amides is 1. The molecule has 0 spiro atoms. The summed E-state index contributed by atoms with van der Waals surface area (Å²) in [6.07, 6.45) is 73.3. The van der Waals surface area contributed by atoms with E-state index >= 15 is 0 Å². The normalized spacial score (nSPS) is 12.7. The minimum atomic E-state index is -0.668. The van der Waals surface area contributed by atoms with Crippen LogP contribution in [0.1, 0.15) is 348 Å². The fourth-order valence-electron chi connectivity index (χ4n) is 9.87. The van der Waals surface area contributed by atoms with Gasteiger partial charge in [-0.05, 0) is 77.0 Å². The first-order valence-electron chi connectivity index (χ1n) is 31.6. The first-order chi connectivity index (χ1) is 34.5. The van der Waals surface area contributed by atoms with E-state index in [4.69, 9.17) is 4.74 Å². The number of hydrogen-bond acceptors (Lipinski definition) is 5. The van der Waals surface area contributed by atoms with Gasteiger partial charge in [-0.25, -0.2) is 0 Å². The van der Waals surface area contributed by atoms with Gasteiger partial charge in [-0.15, -0.1) is 0 Å². The molecule has 0 aliphatic carbocycles. The van der Waals surface area contributed by atoms with Gasteiger partial charge < -0.3 is 20.3 Å². The third-order valence-corrected chi connectivity index (χ3v) is 14.7. The maximum atomic E-state index is 12.5. The molecule has 2 unspecified atom stereocenters. The number of nitrogens with one attached hydrogen (secondary N) is 1. The van der Waals surface area contributed by atoms with Crippen molar-refractivity contribution in [3.8, 4) is 0 Å². The maximum Gasteiger partial charge on any atom is 0.305 e. The second kappa shape index (κ2) is 59.9. The molecule has 0 aliphatic heterocycles. The highest BCUT2D eigenvalue weighted by molar-refractivity contribution is 5.76. The molecule has 0 heterocycles. The van der Waals surface area contributed by atoms with Crippen LogP contribution in [0, 0.1) is 0 Å². The zero-order valence-electron chi connectivity index (χ0n) is 47.3. The Kier molecular flexibility index (Phi) is 58.5. The van der Waals surface area contributed by atoms with Gasteiger partial charge in [-0.2, -0.15) is 0 Å². The first kappa shape index (κ1) is 68.3. The minimum Gasteiger partial charge on any atom is -0.466 e. The Hall–Kier alpha value is -1.66. The van der Waals surface area contributed by atoms with Crippen LogP contribution in [0.2, 0.25) is 0 Å². The molecule has 2 atom stereocenters. The Morgan fingerprint density at radius 2 is 0.671 bits per heavy atom. The SMILES string of the molecule is CCCCC/C=C\CCCCCCCC(=O)OCCCCCCCCCCCCCC/C=C\CCCCCCCCCC(=O)NC(CO)C(O)CCCCCCCCCCCCCCCCCCCC. The number of carbonyl (C=O) groups excluding carboxylic acids is 2. The van der Waals surface area contributed by atoms with E-state index in [2.05, 4.69) is 43.5 Å². The van der Waals surface area contributed by atoms with Crippen molar-refractivity contribution in [1.29, 1.82) is 0 Å². The second-order valence-corrected chi connectivity index (χ2v) is 21.7. The molecule has 0 bridgehead atoms. The molecule has 0 aromatic heterocycles. The lowest BCUT2D eigenvalue weighted by Crippen LogP contribution is -2.45. The van der Waals surface area contributed by atoms with E-state index in [9.17, 15) is 19.8 Å². The van der Waals surface area contributed by atoms with E-state index in [1.807, 2.05) is 0 Å². The van der Waals surface area contributed by atoms with E-state index in [0.29, 0.717) is 25.9 Å². The van der Waals surface area contributed by atoms with Crippen LogP contribution in [-0.4, -0.2) is 47.4 Å². The highest BCUT2D eigenvalue weighted by Crippen LogP contribution is 2.18. The van der Waals surface area contributed by atoms with Crippen LogP contribution in [-0.2, 0) is 14.3 Å². The van der Waals surface area contributed by atoms with E-state index in [1.54, 1.807) is 0 Å². The summed E-state index contributed by atoms with van der Waals surface area (Å²) in [5.74, 6) is -0.0367. The van der Waals surface area contributed by atoms with Gasteiger partial charge in [-0.3, -0.25) is 9.59 Å². The molecule has 0 rings (SSSR count). The average molecular weight is 987 g/mol. The number of rotatable bonds is 59. The lowest BCUT2D eigenvalue weighted by Gasteiger charge is -2.22. The van der Waals surface area contributed by atoms with Crippen molar-refractivity contribution in [2.45, 2.75) is 360 Å². The van der Waals surface area contributed by atoms with Crippen molar-refractivity contribution in [2.24, 2.45) is 0 Å².